The number of nitrogens with zero attached hydrogens (tertiary/aromatic N) is 8. The minimum atomic E-state index is -2.08. The zero-order valence-corrected chi connectivity index (χ0v) is 40.8. The molecule has 0 bridgehead atoms. The number of ether oxygens (including phenoxy) is 3. The van der Waals surface area contributed by atoms with Gasteiger partial charge in [-0.2, -0.15) is 15.5 Å². The molecule has 1 aliphatic heterocycles. The second-order valence-corrected chi connectivity index (χ2v) is 13.9. The second kappa shape index (κ2) is 26.2. The Bertz CT molecular complexity index is 2670. The number of amides is 1. The molecule has 22 nitrogen and oxygen atoms in total. The predicted molar refractivity (Wildman–Crippen MR) is 230 cm³/mol. The van der Waals surface area contributed by atoms with Crippen molar-refractivity contribution in [1.29, 1.82) is 10.7 Å². The van der Waals surface area contributed by atoms with E-state index in [1.54, 1.807) is 97.1 Å². The molecule has 0 saturated carbocycles. The molecule has 7 N–H and O–H groups in total. The fourth-order valence-electron chi connectivity index (χ4n) is 5.91. The molecule has 6 rings (SSSR count). The Hall–Kier alpha value is -7.16. The van der Waals surface area contributed by atoms with Crippen molar-refractivity contribution >= 4 is 47.4 Å². The topological polar surface area (TPSA) is 334 Å². The Labute approximate surface area is 430 Å². The average Bonchev–Trinajstić information content (AvgIpc) is 4.02. The van der Waals surface area contributed by atoms with Crippen LogP contribution in [-0.4, -0.2) is 96.3 Å². The fraction of sp³-hybridized carbons (Fsp3) is 0.302. The summed E-state index contributed by atoms with van der Waals surface area (Å²) in [5, 5.41) is 42.3. The number of nitrogens with two attached hydrogens (primary N) is 2. The number of fused-ring (bicyclic) bond motifs is 1. The van der Waals surface area contributed by atoms with Crippen molar-refractivity contribution in [3.05, 3.63) is 118 Å². The summed E-state index contributed by atoms with van der Waals surface area (Å²) in [4.78, 5) is 68.4. The van der Waals surface area contributed by atoms with Crippen molar-refractivity contribution in [2.75, 3.05) is 30.9 Å². The van der Waals surface area contributed by atoms with Gasteiger partial charge >= 0.3 is 75.3 Å². The number of nitrogens with one attached hydrogen (secondary N) is 2. The van der Waals surface area contributed by atoms with E-state index in [1.165, 1.54) is 26.0 Å². The number of aromatic nitrogens is 6. The van der Waals surface area contributed by atoms with Crippen LogP contribution in [0.5, 0.6) is 0 Å². The van der Waals surface area contributed by atoms with E-state index in [0.29, 0.717) is 29.1 Å². The zero-order valence-electron chi connectivity index (χ0n) is 37.7. The van der Waals surface area contributed by atoms with Gasteiger partial charge in [-0.05, 0) is 58.9 Å². The summed E-state index contributed by atoms with van der Waals surface area (Å²) in [6, 6.07) is 16.4. The molecular weight excluding hydrogens is 922 g/mol. The molecule has 5 aromatic rings. The molecule has 0 spiro atoms. The van der Waals surface area contributed by atoms with Crippen LogP contribution in [0.25, 0.3) is 16.4 Å². The van der Waals surface area contributed by atoms with E-state index < -0.39 is 46.8 Å². The van der Waals surface area contributed by atoms with Crippen molar-refractivity contribution in [1.82, 2.24) is 29.5 Å². The number of esters is 3. The van der Waals surface area contributed by atoms with Gasteiger partial charge < -0.3 is 46.0 Å². The van der Waals surface area contributed by atoms with Gasteiger partial charge in [-0.1, -0.05) is 36.4 Å². The molecule has 0 saturated heterocycles. The van der Waals surface area contributed by atoms with Crippen LogP contribution >= 0.6 is 0 Å². The van der Waals surface area contributed by atoms with Gasteiger partial charge in [-0.25, -0.2) is 25.3 Å². The van der Waals surface area contributed by atoms with Crippen molar-refractivity contribution in [2.45, 2.75) is 59.2 Å². The number of halogens is 2. The smallest absolute Gasteiger partial charge is 0.565 e. The van der Waals surface area contributed by atoms with E-state index in [4.69, 9.17) is 57.9 Å². The fourth-order valence-corrected chi connectivity index (χ4v) is 5.91. The first-order chi connectivity index (χ1) is 31.7. The molecule has 0 fully saturated rings. The average molecular weight is 967 g/mol. The summed E-state index contributed by atoms with van der Waals surface area (Å²) < 4.78 is 44.8. The van der Waals surface area contributed by atoms with Crippen LogP contribution in [0, 0.1) is 40.4 Å². The van der Waals surface area contributed by atoms with Gasteiger partial charge in [0, 0.05) is 23.5 Å². The molecule has 1 aliphatic rings. The minimum absolute atomic E-state index is 0. The van der Waals surface area contributed by atoms with Crippen molar-refractivity contribution in [2.24, 2.45) is 11.1 Å². The molecule has 2 aromatic carbocycles. The molecule has 0 aliphatic carbocycles. The number of carboxylic acid groups (broad SMARTS) is 2. The van der Waals surface area contributed by atoms with E-state index in [0.717, 1.165) is 0 Å². The largest absolute Gasteiger partial charge is 1.00 e. The van der Waals surface area contributed by atoms with Gasteiger partial charge in [0.2, 0.25) is 17.5 Å². The number of nitriles is 1. The molecule has 352 valence electrons. The SMILES string of the molecule is CCOC(=O)C1(C)C(=O)Nc2nc(-c3ccn(Cc4ccccc4F)n3)nc(N)c21.N=C(N)c1ccn(Cc2ccccc2F)n1.O=C([O-])O.[C-]#[N+]C(C#N)C(C)(C(=O)OCC)C(=O)OCC.[K+]. The van der Waals surface area contributed by atoms with Gasteiger partial charge in [-0.3, -0.25) is 38.8 Å². The molecule has 1 amide bonds. The van der Waals surface area contributed by atoms with Gasteiger partial charge in [0.05, 0.1) is 38.5 Å². The Balaban J connectivity index is 0.000000358. The summed E-state index contributed by atoms with van der Waals surface area (Å²) in [6.07, 6.45) is 1.25. The number of hydrogen-bond donors (Lipinski definition) is 5. The van der Waals surface area contributed by atoms with Crippen molar-refractivity contribution < 1.29 is 109 Å². The van der Waals surface area contributed by atoms with Crippen molar-refractivity contribution in [3.8, 4) is 17.6 Å². The second-order valence-electron chi connectivity index (χ2n) is 13.9. The number of carbonyl (C=O) groups excluding carboxylic acids is 4. The zero-order chi connectivity index (χ0) is 50.1. The van der Waals surface area contributed by atoms with Gasteiger partial charge in [-0.15, -0.1) is 0 Å². The number of nitrogen functional groups attached to an aromatic ring is 2. The first-order valence-electron chi connectivity index (χ1n) is 19.8. The maximum Gasteiger partial charge on any atom is 1.00 e. The van der Waals surface area contributed by atoms with Crippen LogP contribution in [0.15, 0.2) is 73.1 Å². The summed E-state index contributed by atoms with van der Waals surface area (Å²) in [6.45, 7) is 15.1. The standard InChI is InChI=1S/C20H19FN6O3.C11H11FN4.C11H14N2O4.CH2O3.K/c1-3-30-19(29)20(2)14-15(22)23-16(24-17(14)25-18(20)28)13-8-9-27(26-13)10-11-6-4-5-7-12(11)21;12-9-4-2-1-3-8(9)7-16-6-5-10(15-16)11(13)14;1-5-16-9(14)11(3,8(7-12)13-4)10(15)17-6-2;2-1(3)4;/h4-9H,3,10H2,1-2H3,(H3,22,23,24,25,28);1-6H,7H2,(H3,13,14);8H,5-6H2,1-3H3;(H2,2,3,4);/q;;;;+1/p-1. The number of carbonyl (C=O) groups is 5. The van der Waals surface area contributed by atoms with E-state index in [2.05, 4.69) is 30.3 Å². The van der Waals surface area contributed by atoms with E-state index >= 15 is 0 Å². The third kappa shape index (κ3) is 14.2. The first-order valence-corrected chi connectivity index (χ1v) is 19.8. The van der Waals surface area contributed by atoms with Crippen molar-refractivity contribution in [3.63, 3.8) is 0 Å². The summed E-state index contributed by atoms with van der Waals surface area (Å²) in [5.41, 5.74) is 9.86. The number of rotatable bonds is 13. The molecule has 25 heteroatoms. The molecule has 2 atom stereocenters. The quantitative estimate of drug-likeness (QED) is 0.0198. The van der Waals surface area contributed by atoms with Crippen LogP contribution in [0.1, 0.15) is 57.0 Å². The van der Waals surface area contributed by atoms with E-state index in [9.17, 15) is 28.0 Å². The third-order valence-electron chi connectivity index (χ3n) is 9.37. The molecule has 3 aromatic heterocycles. The van der Waals surface area contributed by atoms with E-state index in [1.807, 2.05) is 0 Å². The Morgan fingerprint density at radius 1 is 0.941 bits per heavy atom. The Morgan fingerprint density at radius 2 is 1.43 bits per heavy atom. The van der Waals surface area contributed by atoms with E-state index in [-0.39, 0.29) is 118 Å². The van der Waals surface area contributed by atoms with Crippen LogP contribution in [0.2, 0.25) is 0 Å². The predicted octanol–water partition coefficient (Wildman–Crippen LogP) is 0.0592. The Morgan fingerprint density at radius 3 is 1.87 bits per heavy atom. The van der Waals surface area contributed by atoms with Gasteiger partial charge in [0.15, 0.2) is 17.3 Å². The minimum Gasteiger partial charge on any atom is -0.565 e. The molecule has 2 unspecified atom stereocenters. The normalized spacial score (nSPS) is 13.5. The number of amidine groups is 1. The maximum absolute atomic E-state index is 13.9. The molecule has 0 radical (unpaired) electrons. The van der Waals surface area contributed by atoms with Gasteiger partial charge in [0.25, 0.3) is 0 Å². The Kier molecular flexibility index (Phi) is 22.0. The van der Waals surface area contributed by atoms with Gasteiger partial charge in [0.1, 0.15) is 40.5 Å². The maximum atomic E-state index is 13.9. The number of hydrogen-bond acceptors (Lipinski definition) is 16. The monoisotopic (exact) mass is 966 g/mol. The van der Waals surface area contributed by atoms with Crippen LogP contribution in [0.3, 0.4) is 0 Å². The summed E-state index contributed by atoms with van der Waals surface area (Å²) in [5.74, 6) is -3.52. The summed E-state index contributed by atoms with van der Waals surface area (Å²) >= 11 is 0. The molecule has 68 heavy (non-hydrogen) atoms. The van der Waals surface area contributed by atoms with Crippen LogP contribution in [0.4, 0.5) is 25.2 Å². The third-order valence-corrected chi connectivity index (χ3v) is 9.37. The van der Waals surface area contributed by atoms with Crippen LogP contribution < -0.4 is 73.3 Å². The molecular formula is C43H45F2KN12O10. The van der Waals surface area contributed by atoms with Crippen LogP contribution in [-0.2, 0) is 51.9 Å². The number of benzene rings is 2. The molecule has 4 heterocycles. The number of anilines is 2. The summed E-state index contributed by atoms with van der Waals surface area (Å²) in [7, 11) is 0. The first kappa shape index (κ1) is 57.0.